The lowest BCUT2D eigenvalue weighted by atomic mass is 10.0. The van der Waals surface area contributed by atoms with Crippen LogP contribution in [0.2, 0.25) is 0 Å². The van der Waals surface area contributed by atoms with E-state index < -0.39 is 0 Å². The third kappa shape index (κ3) is 4.18. The van der Waals surface area contributed by atoms with E-state index in [0.717, 1.165) is 43.9 Å². The van der Waals surface area contributed by atoms with Gasteiger partial charge in [0.1, 0.15) is 0 Å². The average molecular weight is 386 g/mol. The molecule has 1 aromatic heterocycles. The van der Waals surface area contributed by atoms with Gasteiger partial charge in [0.05, 0.1) is 23.3 Å². The van der Waals surface area contributed by atoms with Crippen LogP contribution in [0.5, 0.6) is 0 Å². The Balaban J connectivity index is 1.55. The van der Waals surface area contributed by atoms with Gasteiger partial charge in [-0.2, -0.15) is 5.26 Å². The van der Waals surface area contributed by atoms with Crippen molar-refractivity contribution in [2.75, 3.05) is 29.9 Å². The summed E-state index contributed by atoms with van der Waals surface area (Å²) in [5.74, 6) is 0. The van der Waals surface area contributed by atoms with Gasteiger partial charge in [-0.05, 0) is 73.9 Å². The fraction of sp³-hybridized carbons (Fsp3) is 0.333. The summed E-state index contributed by atoms with van der Waals surface area (Å²) in [5.41, 5.74) is 6.40. The van der Waals surface area contributed by atoms with Crippen molar-refractivity contribution in [3.05, 3.63) is 65.4 Å². The number of fused-ring (bicyclic) bond motifs is 1. The highest BCUT2D eigenvalue weighted by Crippen LogP contribution is 2.31. The molecule has 5 heteroatoms. The van der Waals surface area contributed by atoms with Crippen LogP contribution >= 0.6 is 0 Å². The molecule has 1 fully saturated rings. The van der Waals surface area contributed by atoms with Crippen LogP contribution in [-0.2, 0) is 11.3 Å². The number of ether oxygens (including phenoxy) is 1. The molecule has 0 bridgehead atoms. The normalized spacial score (nSPS) is 16.2. The molecule has 2 heterocycles. The topological polar surface area (TPSA) is 61.2 Å². The summed E-state index contributed by atoms with van der Waals surface area (Å²) in [7, 11) is 0. The number of hydrogen-bond acceptors (Lipinski definition) is 5. The first kappa shape index (κ1) is 19.2. The minimum atomic E-state index is 0.320. The third-order valence-electron chi connectivity index (χ3n) is 5.56. The maximum Gasteiger partial charge on any atom is 0.0991 e. The highest BCUT2D eigenvalue weighted by molar-refractivity contribution is 5.92. The van der Waals surface area contributed by atoms with Crippen LogP contribution in [0, 0.1) is 18.3 Å². The van der Waals surface area contributed by atoms with Crippen molar-refractivity contribution in [2.24, 2.45) is 0 Å². The second kappa shape index (κ2) is 8.50. The van der Waals surface area contributed by atoms with Crippen molar-refractivity contribution in [1.29, 1.82) is 5.26 Å². The van der Waals surface area contributed by atoms with Crippen LogP contribution < -0.4 is 10.2 Å². The van der Waals surface area contributed by atoms with E-state index in [4.69, 9.17) is 10.00 Å². The Bertz CT molecular complexity index is 1040. The minimum absolute atomic E-state index is 0.320. The van der Waals surface area contributed by atoms with Crippen molar-refractivity contribution in [3.8, 4) is 6.07 Å². The van der Waals surface area contributed by atoms with Crippen LogP contribution in [0.25, 0.3) is 10.9 Å². The number of anilines is 2. The molecule has 0 aliphatic carbocycles. The SMILES string of the molecule is CCOC1CCN(c2ccnc3cc(CNc4ccc(C#N)cc4)c(C)cc23)C1. The lowest BCUT2D eigenvalue weighted by Gasteiger charge is -2.21. The second-order valence-corrected chi connectivity index (χ2v) is 7.48. The average Bonchev–Trinajstić information content (AvgIpc) is 3.21. The summed E-state index contributed by atoms with van der Waals surface area (Å²) in [6.45, 7) is 7.65. The van der Waals surface area contributed by atoms with Gasteiger partial charge in [0.2, 0.25) is 0 Å². The summed E-state index contributed by atoms with van der Waals surface area (Å²) >= 11 is 0. The Hall–Kier alpha value is -3.10. The Labute approximate surface area is 171 Å². The van der Waals surface area contributed by atoms with Gasteiger partial charge >= 0.3 is 0 Å². The summed E-state index contributed by atoms with van der Waals surface area (Å²) < 4.78 is 5.81. The predicted octanol–water partition coefficient (Wildman–Crippen LogP) is 4.64. The summed E-state index contributed by atoms with van der Waals surface area (Å²) in [4.78, 5) is 7.04. The van der Waals surface area contributed by atoms with Gasteiger partial charge in [-0.15, -0.1) is 0 Å². The van der Waals surface area contributed by atoms with Crippen LogP contribution in [0.1, 0.15) is 30.0 Å². The number of rotatable bonds is 6. The lowest BCUT2D eigenvalue weighted by molar-refractivity contribution is 0.0788. The molecular weight excluding hydrogens is 360 g/mol. The van der Waals surface area contributed by atoms with E-state index in [0.29, 0.717) is 11.7 Å². The molecule has 148 valence electrons. The van der Waals surface area contributed by atoms with Crippen LogP contribution in [0.3, 0.4) is 0 Å². The zero-order valence-electron chi connectivity index (χ0n) is 17.0. The van der Waals surface area contributed by atoms with Crippen LogP contribution in [-0.4, -0.2) is 30.8 Å². The first-order valence-electron chi connectivity index (χ1n) is 10.2. The number of nitriles is 1. The van der Waals surface area contributed by atoms with Gasteiger partial charge in [0, 0.05) is 49.2 Å². The zero-order valence-corrected chi connectivity index (χ0v) is 17.0. The number of hydrogen-bond donors (Lipinski definition) is 1. The van der Waals surface area contributed by atoms with Gasteiger partial charge < -0.3 is 15.0 Å². The molecule has 2 aromatic carbocycles. The van der Waals surface area contributed by atoms with E-state index in [1.165, 1.54) is 22.2 Å². The summed E-state index contributed by atoms with van der Waals surface area (Å²) in [6.07, 6.45) is 3.29. The number of aromatic nitrogens is 1. The number of nitrogens with one attached hydrogen (secondary N) is 1. The quantitative estimate of drug-likeness (QED) is 0.669. The molecule has 1 unspecified atom stereocenters. The molecule has 0 saturated carbocycles. The summed E-state index contributed by atoms with van der Waals surface area (Å²) in [5, 5.41) is 13.6. The maximum absolute atomic E-state index is 8.93. The molecule has 29 heavy (non-hydrogen) atoms. The molecule has 4 rings (SSSR count). The van der Waals surface area contributed by atoms with Gasteiger partial charge in [-0.25, -0.2) is 0 Å². The first-order valence-corrected chi connectivity index (χ1v) is 10.2. The molecule has 1 saturated heterocycles. The highest BCUT2D eigenvalue weighted by Gasteiger charge is 2.24. The van der Waals surface area contributed by atoms with Gasteiger partial charge in [0.15, 0.2) is 0 Å². The zero-order chi connectivity index (χ0) is 20.2. The van der Waals surface area contributed by atoms with Gasteiger partial charge in [-0.1, -0.05) is 0 Å². The first-order chi connectivity index (χ1) is 14.2. The standard InChI is InChI=1S/C24H26N4O/c1-3-29-21-9-11-28(16-21)24-8-10-26-23-13-19(17(2)12-22(23)24)15-27-20-6-4-18(14-25)5-7-20/h4-8,10,12-13,21,27H,3,9,11,15-16H2,1-2H3. The van der Waals surface area contributed by atoms with Gasteiger partial charge in [0.25, 0.3) is 0 Å². The molecule has 1 atom stereocenters. The highest BCUT2D eigenvalue weighted by atomic mass is 16.5. The molecule has 1 aliphatic rings. The fourth-order valence-corrected chi connectivity index (χ4v) is 3.97. The number of benzene rings is 2. The van der Waals surface area contributed by atoms with Crippen molar-refractivity contribution in [3.63, 3.8) is 0 Å². The fourth-order valence-electron chi connectivity index (χ4n) is 3.97. The van der Waals surface area contributed by atoms with E-state index in [1.807, 2.05) is 30.5 Å². The summed E-state index contributed by atoms with van der Waals surface area (Å²) in [6, 6.07) is 16.2. The Morgan fingerprint density at radius 2 is 2.07 bits per heavy atom. The molecular formula is C24H26N4O. The predicted molar refractivity (Wildman–Crippen MR) is 117 cm³/mol. The van der Waals surface area contributed by atoms with Crippen molar-refractivity contribution >= 4 is 22.3 Å². The Kier molecular flexibility index (Phi) is 5.64. The van der Waals surface area contributed by atoms with E-state index >= 15 is 0 Å². The third-order valence-corrected chi connectivity index (χ3v) is 5.56. The maximum atomic E-state index is 8.93. The number of pyridine rings is 1. The number of nitrogens with zero attached hydrogens (tertiary/aromatic N) is 3. The smallest absolute Gasteiger partial charge is 0.0991 e. The Morgan fingerprint density at radius 3 is 2.83 bits per heavy atom. The van der Waals surface area contributed by atoms with Gasteiger partial charge in [-0.3, -0.25) is 4.98 Å². The monoisotopic (exact) mass is 386 g/mol. The molecule has 0 radical (unpaired) electrons. The second-order valence-electron chi connectivity index (χ2n) is 7.48. The van der Waals surface area contributed by atoms with Crippen molar-refractivity contribution in [2.45, 2.75) is 32.9 Å². The van der Waals surface area contributed by atoms with E-state index in [2.05, 4.69) is 53.3 Å². The molecule has 0 spiro atoms. The molecule has 3 aromatic rings. The minimum Gasteiger partial charge on any atom is -0.381 e. The van der Waals surface area contributed by atoms with E-state index in [1.54, 1.807) is 0 Å². The lowest BCUT2D eigenvalue weighted by Crippen LogP contribution is -2.23. The van der Waals surface area contributed by atoms with Crippen LogP contribution in [0.15, 0.2) is 48.7 Å². The van der Waals surface area contributed by atoms with E-state index in [-0.39, 0.29) is 0 Å². The van der Waals surface area contributed by atoms with Crippen LogP contribution in [0.4, 0.5) is 11.4 Å². The van der Waals surface area contributed by atoms with Crippen molar-refractivity contribution in [1.82, 2.24) is 4.98 Å². The largest absolute Gasteiger partial charge is 0.381 e. The molecule has 5 nitrogen and oxygen atoms in total. The molecule has 1 aliphatic heterocycles. The van der Waals surface area contributed by atoms with Crippen molar-refractivity contribution < 1.29 is 4.74 Å². The number of aryl methyl sites for hydroxylation is 1. The Morgan fingerprint density at radius 1 is 1.24 bits per heavy atom. The molecule has 0 amide bonds. The molecule has 1 N–H and O–H groups in total. The van der Waals surface area contributed by atoms with E-state index in [9.17, 15) is 0 Å².